The molecule has 2 amide bonds. The van der Waals surface area contributed by atoms with Crippen molar-refractivity contribution in [2.45, 2.75) is 89.8 Å². The number of ether oxygens (including phenoxy) is 1. The van der Waals surface area contributed by atoms with Crippen LogP contribution in [-0.2, 0) is 16.6 Å². The first-order chi connectivity index (χ1) is 19.3. The molecule has 4 rings (SSSR count). The van der Waals surface area contributed by atoms with Gasteiger partial charge in [-0.25, -0.2) is 13.2 Å². The minimum Gasteiger partial charge on any atom is -0.457 e. The summed E-state index contributed by atoms with van der Waals surface area (Å²) in [6.45, 7) is 5.91. The van der Waals surface area contributed by atoms with Crippen LogP contribution in [0.1, 0.15) is 76.7 Å². The number of hydrogen-bond acceptors (Lipinski definition) is 5. The molecule has 2 aromatic carbocycles. The lowest BCUT2D eigenvalue weighted by Gasteiger charge is -2.39. The number of rotatable bonds is 12. The lowest BCUT2D eigenvalue weighted by molar-refractivity contribution is 0.113. The lowest BCUT2D eigenvalue weighted by atomic mass is 9.95. The van der Waals surface area contributed by atoms with Gasteiger partial charge in [0.25, 0.3) is 0 Å². The van der Waals surface area contributed by atoms with Gasteiger partial charge in [0.05, 0.1) is 6.26 Å². The second kappa shape index (κ2) is 16.2. The monoisotopic (exact) mass is 606 g/mol. The normalized spacial score (nSPS) is 16.9. The van der Waals surface area contributed by atoms with Crippen molar-refractivity contribution >= 4 is 34.1 Å². The van der Waals surface area contributed by atoms with Gasteiger partial charge in [-0.1, -0.05) is 51.2 Å². The second-order valence-corrected chi connectivity index (χ2v) is 13.1. The Morgan fingerprint density at radius 2 is 1.54 bits per heavy atom. The number of unbranched alkanes of at least 4 members (excludes halogenated alkanes) is 2. The molecule has 41 heavy (non-hydrogen) atoms. The molecule has 228 valence electrons. The molecule has 0 bridgehead atoms. The van der Waals surface area contributed by atoms with E-state index in [1.54, 1.807) is 24.3 Å². The van der Waals surface area contributed by atoms with Crippen LogP contribution in [0.5, 0.6) is 11.5 Å². The van der Waals surface area contributed by atoms with Crippen molar-refractivity contribution in [3.63, 3.8) is 0 Å². The molecule has 10 heteroatoms. The molecule has 0 atom stereocenters. The summed E-state index contributed by atoms with van der Waals surface area (Å²) in [6.07, 6.45) is 12.5. The number of nitrogens with one attached hydrogen (secondary N) is 2. The maximum Gasteiger partial charge on any atom is 0.317 e. The van der Waals surface area contributed by atoms with Crippen LogP contribution in [0.2, 0.25) is 0 Å². The van der Waals surface area contributed by atoms with Gasteiger partial charge >= 0.3 is 6.03 Å². The highest BCUT2D eigenvalue weighted by Gasteiger charge is 2.29. The minimum absolute atomic E-state index is 0. The zero-order chi connectivity index (χ0) is 28.4. The molecule has 0 spiro atoms. The largest absolute Gasteiger partial charge is 0.457 e. The van der Waals surface area contributed by atoms with E-state index < -0.39 is 10.0 Å². The SMILES string of the molecule is CCCCCN(C(=O)NC1CCCCC1)C1CCN(Cc2ccc(Oc3ccc(NS(C)(=O)=O)cc3)cc2)CC1.Cl. The van der Waals surface area contributed by atoms with Gasteiger partial charge in [-0.2, -0.15) is 0 Å². The summed E-state index contributed by atoms with van der Waals surface area (Å²) >= 11 is 0. The number of anilines is 1. The average Bonchev–Trinajstić information content (AvgIpc) is 2.94. The number of piperidine rings is 1. The number of nitrogens with zero attached hydrogens (tertiary/aromatic N) is 2. The fourth-order valence-corrected chi connectivity index (χ4v) is 6.30. The molecule has 0 aromatic heterocycles. The van der Waals surface area contributed by atoms with Crippen molar-refractivity contribution in [3.05, 3.63) is 54.1 Å². The summed E-state index contributed by atoms with van der Waals surface area (Å²) in [5.74, 6) is 1.38. The third kappa shape index (κ3) is 11.0. The molecule has 1 saturated heterocycles. The molecule has 1 aliphatic heterocycles. The summed E-state index contributed by atoms with van der Waals surface area (Å²) in [5.41, 5.74) is 1.73. The van der Waals surface area contributed by atoms with Crippen LogP contribution in [0, 0.1) is 0 Å². The lowest BCUT2D eigenvalue weighted by Crippen LogP contribution is -2.53. The fraction of sp³-hybridized carbons (Fsp3) is 0.581. The smallest absolute Gasteiger partial charge is 0.317 e. The Hall–Kier alpha value is -2.49. The maximum absolute atomic E-state index is 13.3. The van der Waals surface area contributed by atoms with Crippen molar-refractivity contribution in [3.8, 4) is 11.5 Å². The van der Waals surface area contributed by atoms with E-state index in [1.807, 2.05) is 12.1 Å². The van der Waals surface area contributed by atoms with Gasteiger partial charge in [-0.15, -0.1) is 12.4 Å². The molecule has 1 aliphatic carbocycles. The third-order valence-electron chi connectivity index (χ3n) is 7.92. The Labute approximate surface area is 252 Å². The molecular formula is C31H47ClN4O4S. The molecule has 1 saturated carbocycles. The number of sulfonamides is 1. The van der Waals surface area contributed by atoms with Crippen molar-refractivity contribution in [2.75, 3.05) is 30.6 Å². The predicted octanol–water partition coefficient (Wildman–Crippen LogP) is 6.77. The van der Waals surface area contributed by atoms with Gasteiger partial charge in [-0.05, 0) is 74.1 Å². The predicted molar refractivity (Wildman–Crippen MR) is 169 cm³/mol. The Kier molecular flexibility index (Phi) is 13.1. The fourth-order valence-electron chi connectivity index (χ4n) is 5.74. The molecule has 0 unspecified atom stereocenters. The Balaban J connectivity index is 0.00000462. The summed E-state index contributed by atoms with van der Waals surface area (Å²) in [7, 11) is -3.30. The average molecular weight is 607 g/mol. The van der Waals surface area contributed by atoms with Crippen molar-refractivity contribution in [1.82, 2.24) is 15.1 Å². The van der Waals surface area contributed by atoms with Crippen molar-refractivity contribution in [1.29, 1.82) is 0 Å². The zero-order valence-corrected chi connectivity index (χ0v) is 26.1. The number of likely N-dealkylation sites (tertiary alicyclic amines) is 1. The highest BCUT2D eigenvalue weighted by molar-refractivity contribution is 7.92. The Morgan fingerprint density at radius 3 is 2.12 bits per heavy atom. The van der Waals surface area contributed by atoms with E-state index in [-0.39, 0.29) is 18.4 Å². The quantitative estimate of drug-likeness (QED) is 0.260. The number of amides is 2. The van der Waals surface area contributed by atoms with Crippen LogP contribution in [0.25, 0.3) is 0 Å². The van der Waals surface area contributed by atoms with Gasteiger partial charge in [-0.3, -0.25) is 9.62 Å². The molecule has 2 aromatic rings. The summed E-state index contributed by atoms with van der Waals surface area (Å²) < 4.78 is 31.1. The summed E-state index contributed by atoms with van der Waals surface area (Å²) in [5, 5.41) is 3.36. The molecule has 0 radical (unpaired) electrons. The number of urea groups is 1. The van der Waals surface area contributed by atoms with E-state index in [9.17, 15) is 13.2 Å². The third-order valence-corrected chi connectivity index (χ3v) is 8.52. The standard InChI is InChI=1S/C31H46N4O4S.ClH/c1-3-4-8-21-35(31(36)32-26-9-6-5-7-10-26)28-19-22-34(23-20-28)24-25-11-15-29(16-12-25)39-30-17-13-27(14-18-30)33-40(2,37)38;/h11-18,26,28,33H,3-10,19-24H2,1-2H3,(H,32,36);1H. The van der Waals surface area contributed by atoms with Gasteiger partial charge in [0.15, 0.2) is 0 Å². The molecule has 8 nitrogen and oxygen atoms in total. The van der Waals surface area contributed by atoms with Crippen LogP contribution in [0.3, 0.4) is 0 Å². The van der Waals surface area contributed by atoms with E-state index in [4.69, 9.17) is 4.74 Å². The van der Waals surface area contributed by atoms with E-state index in [0.717, 1.165) is 83.1 Å². The summed E-state index contributed by atoms with van der Waals surface area (Å²) in [4.78, 5) is 17.9. The van der Waals surface area contributed by atoms with E-state index >= 15 is 0 Å². The minimum atomic E-state index is -3.30. The molecule has 2 N–H and O–H groups in total. The van der Waals surface area contributed by atoms with Crippen LogP contribution >= 0.6 is 12.4 Å². The molecular weight excluding hydrogens is 560 g/mol. The Morgan fingerprint density at radius 1 is 0.927 bits per heavy atom. The van der Waals surface area contributed by atoms with Gasteiger partial charge in [0, 0.05) is 44.0 Å². The van der Waals surface area contributed by atoms with Gasteiger partial charge in [0.1, 0.15) is 11.5 Å². The number of carbonyl (C=O) groups is 1. The first kappa shape index (κ1) is 33.0. The number of benzene rings is 2. The van der Waals surface area contributed by atoms with E-state index in [1.165, 1.54) is 24.8 Å². The number of carbonyl (C=O) groups excluding carboxylic acids is 1. The van der Waals surface area contributed by atoms with E-state index in [2.05, 4.69) is 38.9 Å². The molecule has 2 aliphatic rings. The Bertz CT molecular complexity index is 1160. The maximum atomic E-state index is 13.3. The van der Waals surface area contributed by atoms with Gasteiger partial charge < -0.3 is 15.0 Å². The topological polar surface area (TPSA) is 91.0 Å². The summed E-state index contributed by atoms with van der Waals surface area (Å²) in [6, 6.07) is 15.8. The molecule has 2 fully saturated rings. The zero-order valence-electron chi connectivity index (χ0n) is 24.5. The van der Waals surface area contributed by atoms with Crippen LogP contribution in [0.15, 0.2) is 48.5 Å². The van der Waals surface area contributed by atoms with Crippen LogP contribution in [-0.4, -0.2) is 62.2 Å². The van der Waals surface area contributed by atoms with Crippen molar-refractivity contribution < 1.29 is 17.9 Å². The highest BCUT2D eigenvalue weighted by atomic mass is 35.5. The number of halogens is 1. The molecule has 1 heterocycles. The van der Waals surface area contributed by atoms with Crippen molar-refractivity contribution in [2.24, 2.45) is 0 Å². The van der Waals surface area contributed by atoms with E-state index in [0.29, 0.717) is 23.5 Å². The van der Waals surface area contributed by atoms with Crippen LogP contribution < -0.4 is 14.8 Å². The van der Waals surface area contributed by atoms with Crippen LogP contribution in [0.4, 0.5) is 10.5 Å². The number of hydrogen-bond donors (Lipinski definition) is 2. The second-order valence-electron chi connectivity index (χ2n) is 11.3. The van der Waals surface area contributed by atoms with Gasteiger partial charge in [0.2, 0.25) is 10.0 Å². The first-order valence-corrected chi connectivity index (χ1v) is 16.8. The highest BCUT2D eigenvalue weighted by Crippen LogP contribution is 2.25. The first-order valence-electron chi connectivity index (χ1n) is 14.9.